The van der Waals surface area contributed by atoms with Crippen LogP contribution in [0.2, 0.25) is 0 Å². The predicted molar refractivity (Wildman–Crippen MR) is 63.8 cm³/mol. The van der Waals surface area contributed by atoms with E-state index in [-0.39, 0.29) is 6.03 Å². The van der Waals surface area contributed by atoms with Crippen LogP contribution < -0.4 is 10.6 Å². The zero-order valence-corrected chi connectivity index (χ0v) is 10.0. The summed E-state index contributed by atoms with van der Waals surface area (Å²) in [5, 5.41) is 5.40. The number of nitrogens with one attached hydrogen (secondary N) is 2. The van der Waals surface area contributed by atoms with Crippen LogP contribution >= 0.6 is 0 Å². The molecule has 0 unspecified atom stereocenters. The lowest BCUT2D eigenvalue weighted by atomic mass is 10.3. The van der Waals surface area contributed by atoms with Gasteiger partial charge in [0.25, 0.3) is 0 Å². The van der Waals surface area contributed by atoms with Gasteiger partial charge in [-0.3, -0.25) is 0 Å². The Morgan fingerprint density at radius 2 is 2.00 bits per heavy atom. The maximum absolute atomic E-state index is 11.1. The molecule has 0 spiro atoms. The van der Waals surface area contributed by atoms with Crippen LogP contribution in [-0.4, -0.2) is 37.1 Å². The van der Waals surface area contributed by atoms with E-state index in [0.29, 0.717) is 0 Å². The molecular weight excluding hydrogens is 190 g/mol. The third kappa shape index (κ3) is 8.00. The smallest absolute Gasteiger partial charge is 0.318 e. The number of urea groups is 1. The highest BCUT2D eigenvalue weighted by molar-refractivity contribution is 5.74. The maximum atomic E-state index is 11.1. The van der Waals surface area contributed by atoms with Gasteiger partial charge < -0.3 is 15.5 Å². The number of carbonyl (C=O) groups is 1. The van der Waals surface area contributed by atoms with Gasteiger partial charge in [-0.25, -0.2) is 4.79 Å². The Labute approximate surface area is 92.7 Å². The molecule has 2 amide bonds. The summed E-state index contributed by atoms with van der Waals surface area (Å²) < 4.78 is 0. The van der Waals surface area contributed by atoms with Gasteiger partial charge in [0.05, 0.1) is 0 Å². The first-order chi connectivity index (χ1) is 7.24. The summed E-state index contributed by atoms with van der Waals surface area (Å²) >= 11 is 0. The molecule has 0 saturated carbocycles. The van der Waals surface area contributed by atoms with Gasteiger partial charge in [-0.15, -0.1) is 0 Å². The fourth-order valence-electron chi connectivity index (χ4n) is 1.25. The zero-order valence-electron chi connectivity index (χ0n) is 10.0. The third-order valence-corrected chi connectivity index (χ3v) is 2.21. The van der Waals surface area contributed by atoms with E-state index in [0.717, 1.165) is 32.6 Å². The van der Waals surface area contributed by atoms with Gasteiger partial charge in [-0.1, -0.05) is 19.9 Å². The summed E-state index contributed by atoms with van der Waals surface area (Å²) in [4.78, 5) is 13.4. The highest BCUT2D eigenvalue weighted by atomic mass is 16.2. The van der Waals surface area contributed by atoms with Gasteiger partial charge in [0, 0.05) is 12.7 Å². The summed E-state index contributed by atoms with van der Waals surface area (Å²) in [6.07, 6.45) is 4.40. The number of hydrogen-bond donors (Lipinski definition) is 2. The largest absolute Gasteiger partial charge is 0.338 e. The van der Waals surface area contributed by atoms with E-state index in [2.05, 4.69) is 29.4 Å². The monoisotopic (exact) mass is 213 g/mol. The minimum Gasteiger partial charge on any atom is -0.338 e. The molecule has 4 nitrogen and oxygen atoms in total. The Balaban J connectivity index is 3.41. The number of hydrogen-bond acceptors (Lipinski definition) is 2. The van der Waals surface area contributed by atoms with Crippen molar-refractivity contribution >= 4 is 6.03 Å². The molecule has 0 fully saturated rings. The molecule has 0 aromatic carbocycles. The fraction of sp³-hybridized carbons (Fsp3) is 0.727. The van der Waals surface area contributed by atoms with Crippen molar-refractivity contribution in [3.63, 3.8) is 0 Å². The van der Waals surface area contributed by atoms with Crippen molar-refractivity contribution in [1.29, 1.82) is 0 Å². The third-order valence-electron chi connectivity index (χ3n) is 2.21. The number of rotatable bonds is 7. The van der Waals surface area contributed by atoms with Crippen LogP contribution in [0.25, 0.3) is 0 Å². The molecule has 0 aliphatic heterocycles. The van der Waals surface area contributed by atoms with Crippen LogP contribution in [0.3, 0.4) is 0 Å². The topological polar surface area (TPSA) is 44.4 Å². The average molecular weight is 213 g/mol. The lowest BCUT2D eigenvalue weighted by Crippen LogP contribution is -2.34. The van der Waals surface area contributed by atoms with Crippen LogP contribution in [0.1, 0.15) is 27.2 Å². The molecule has 0 saturated heterocycles. The molecule has 88 valence electrons. The van der Waals surface area contributed by atoms with E-state index in [4.69, 9.17) is 0 Å². The van der Waals surface area contributed by atoms with Crippen LogP contribution in [0.4, 0.5) is 4.79 Å². The lowest BCUT2D eigenvalue weighted by Gasteiger charge is -2.17. The summed E-state index contributed by atoms with van der Waals surface area (Å²) in [6.45, 7) is 10.1. The van der Waals surface area contributed by atoms with Gasteiger partial charge >= 0.3 is 6.03 Å². The van der Waals surface area contributed by atoms with Crippen LogP contribution in [-0.2, 0) is 0 Å². The summed E-state index contributed by atoms with van der Waals surface area (Å²) in [7, 11) is 0. The summed E-state index contributed by atoms with van der Waals surface area (Å²) in [5.41, 5.74) is 0. The Bertz CT molecular complexity index is 188. The lowest BCUT2D eigenvalue weighted by molar-refractivity contribution is 0.242. The SMILES string of the molecule is C/C=C/NC(=O)NCCCN(CC)CC. The number of carbonyl (C=O) groups excluding carboxylic acids is 1. The second-order valence-electron chi connectivity index (χ2n) is 3.28. The number of allylic oxidation sites excluding steroid dienone is 1. The Morgan fingerprint density at radius 1 is 1.33 bits per heavy atom. The summed E-state index contributed by atoms with van der Waals surface area (Å²) in [5.74, 6) is 0. The normalized spacial score (nSPS) is 10.9. The predicted octanol–water partition coefficient (Wildman–Crippen LogP) is 1.55. The van der Waals surface area contributed by atoms with Crippen LogP contribution in [0, 0.1) is 0 Å². The molecule has 0 atom stereocenters. The molecule has 0 bridgehead atoms. The zero-order chi connectivity index (χ0) is 11.5. The first kappa shape index (κ1) is 14.0. The molecule has 0 aliphatic carbocycles. The molecule has 2 N–H and O–H groups in total. The Kier molecular flexibility index (Phi) is 8.87. The molecule has 0 aliphatic rings. The molecule has 0 aromatic rings. The van der Waals surface area contributed by atoms with Gasteiger partial charge in [-0.2, -0.15) is 0 Å². The molecule has 0 rings (SSSR count). The van der Waals surface area contributed by atoms with E-state index in [1.165, 1.54) is 0 Å². The molecular formula is C11H23N3O. The highest BCUT2D eigenvalue weighted by Gasteiger charge is 1.99. The van der Waals surface area contributed by atoms with Crippen molar-refractivity contribution < 1.29 is 4.79 Å². The molecule has 0 aromatic heterocycles. The average Bonchev–Trinajstić information content (AvgIpc) is 2.26. The van der Waals surface area contributed by atoms with Crippen molar-refractivity contribution in [2.75, 3.05) is 26.2 Å². The van der Waals surface area contributed by atoms with E-state index >= 15 is 0 Å². The van der Waals surface area contributed by atoms with E-state index < -0.39 is 0 Å². The van der Waals surface area contributed by atoms with E-state index in [1.54, 1.807) is 12.3 Å². The molecule has 15 heavy (non-hydrogen) atoms. The quantitative estimate of drug-likeness (QED) is 0.630. The first-order valence-electron chi connectivity index (χ1n) is 5.62. The van der Waals surface area contributed by atoms with E-state index in [9.17, 15) is 4.79 Å². The highest BCUT2D eigenvalue weighted by Crippen LogP contribution is 1.88. The second-order valence-corrected chi connectivity index (χ2v) is 3.28. The van der Waals surface area contributed by atoms with Gasteiger partial charge in [0.2, 0.25) is 0 Å². The number of amides is 2. The number of nitrogens with zero attached hydrogens (tertiary/aromatic N) is 1. The van der Waals surface area contributed by atoms with Gasteiger partial charge in [0.15, 0.2) is 0 Å². The Hall–Kier alpha value is -1.03. The molecule has 0 radical (unpaired) electrons. The molecule has 0 heterocycles. The van der Waals surface area contributed by atoms with Crippen molar-refractivity contribution in [2.45, 2.75) is 27.2 Å². The van der Waals surface area contributed by atoms with Crippen LogP contribution in [0.15, 0.2) is 12.3 Å². The van der Waals surface area contributed by atoms with Crippen molar-refractivity contribution in [1.82, 2.24) is 15.5 Å². The van der Waals surface area contributed by atoms with E-state index in [1.807, 2.05) is 6.92 Å². The minimum absolute atomic E-state index is 0.132. The Morgan fingerprint density at radius 3 is 2.53 bits per heavy atom. The van der Waals surface area contributed by atoms with Crippen molar-refractivity contribution in [3.05, 3.63) is 12.3 Å². The second kappa shape index (κ2) is 9.52. The van der Waals surface area contributed by atoms with Crippen molar-refractivity contribution in [3.8, 4) is 0 Å². The van der Waals surface area contributed by atoms with Crippen LogP contribution in [0.5, 0.6) is 0 Å². The van der Waals surface area contributed by atoms with Crippen molar-refractivity contribution in [2.24, 2.45) is 0 Å². The standard InChI is InChI=1S/C11H23N3O/c1-4-8-12-11(15)13-9-7-10-14(5-2)6-3/h4,8H,5-7,9-10H2,1-3H3,(H2,12,13,15)/b8-4+. The first-order valence-corrected chi connectivity index (χ1v) is 5.62. The maximum Gasteiger partial charge on any atom is 0.318 e. The minimum atomic E-state index is -0.132. The van der Waals surface area contributed by atoms with Gasteiger partial charge in [-0.05, 0) is 33.0 Å². The van der Waals surface area contributed by atoms with Gasteiger partial charge in [0.1, 0.15) is 0 Å². The molecule has 4 heteroatoms. The summed E-state index contributed by atoms with van der Waals surface area (Å²) in [6, 6.07) is -0.132. The fourth-order valence-corrected chi connectivity index (χ4v) is 1.25.